The number of rotatable bonds is 5. The summed E-state index contributed by atoms with van der Waals surface area (Å²) in [7, 11) is 0. The van der Waals surface area contributed by atoms with Crippen LogP contribution in [0.15, 0.2) is 30.3 Å². The van der Waals surface area contributed by atoms with Crippen LogP contribution in [0.1, 0.15) is 24.8 Å². The third kappa shape index (κ3) is 3.64. The van der Waals surface area contributed by atoms with Gasteiger partial charge < -0.3 is 10.4 Å². The van der Waals surface area contributed by atoms with Gasteiger partial charge in [0, 0.05) is 24.8 Å². The quantitative estimate of drug-likeness (QED) is 0.486. The third-order valence-electron chi connectivity index (χ3n) is 3.41. The maximum absolute atomic E-state index is 11.6. The summed E-state index contributed by atoms with van der Waals surface area (Å²) < 4.78 is 0. The van der Waals surface area contributed by atoms with Crippen molar-refractivity contribution in [1.29, 1.82) is 0 Å². The number of benzene rings is 1. The summed E-state index contributed by atoms with van der Waals surface area (Å²) in [5.74, 6) is -0.288. The Labute approximate surface area is 116 Å². The van der Waals surface area contributed by atoms with Crippen molar-refractivity contribution in [2.45, 2.75) is 24.9 Å². The first kappa shape index (κ1) is 14.2. The number of hydrogen-bond acceptors (Lipinski definition) is 4. The zero-order valence-corrected chi connectivity index (χ0v) is 10.9. The van der Waals surface area contributed by atoms with Crippen molar-refractivity contribution in [3.8, 4) is 0 Å². The lowest BCUT2D eigenvalue weighted by Gasteiger charge is -2.36. The summed E-state index contributed by atoms with van der Waals surface area (Å²) in [6.07, 6.45) is 5.36. The van der Waals surface area contributed by atoms with Crippen molar-refractivity contribution in [1.82, 2.24) is 5.32 Å². The van der Waals surface area contributed by atoms with E-state index >= 15 is 0 Å². The monoisotopic (exact) mass is 276 g/mol. The van der Waals surface area contributed by atoms with E-state index in [0.717, 1.165) is 19.3 Å². The number of nitro groups is 1. The molecule has 1 saturated carbocycles. The number of nitrogens with zero attached hydrogens (tertiary/aromatic N) is 1. The van der Waals surface area contributed by atoms with Crippen LogP contribution in [0.2, 0.25) is 0 Å². The molecule has 106 valence electrons. The van der Waals surface area contributed by atoms with Gasteiger partial charge >= 0.3 is 0 Å². The summed E-state index contributed by atoms with van der Waals surface area (Å²) in [6.45, 7) is 0.260. The number of non-ortho nitro benzene ring substituents is 1. The zero-order valence-electron chi connectivity index (χ0n) is 10.9. The molecule has 20 heavy (non-hydrogen) atoms. The van der Waals surface area contributed by atoms with Gasteiger partial charge in [0.05, 0.1) is 10.5 Å². The van der Waals surface area contributed by atoms with Gasteiger partial charge in [-0.3, -0.25) is 14.9 Å². The first-order chi connectivity index (χ1) is 9.48. The largest absolute Gasteiger partial charge is 0.388 e. The van der Waals surface area contributed by atoms with Crippen molar-refractivity contribution < 1.29 is 14.8 Å². The minimum Gasteiger partial charge on any atom is -0.388 e. The average Bonchev–Trinajstić information content (AvgIpc) is 2.41. The number of carbonyl (C=O) groups is 1. The fraction of sp³-hybridized carbons (Fsp3) is 0.357. The van der Waals surface area contributed by atoms with E-state index in [9.17, 15) is 20.0 Å². The number of hydrogen-bond donors (Lipinski definition) is 2. The predicted octanol–water partition coefficient (Wildman–Crippen LogP) is 1.64. The van der Waals surface area contributed by atoms with Crippen molar-refractivity contribution in [3.05, 3.63) is 46.0 Å². The van der Waals surface area contributed by atoms with Gasteiger partial charge in [-0.25, -0.2) is 0 Å². The van der Waals surface area contributed by atoms with E-state index in [4.69, 9.17) is 0 Å². The molecule has 6 nitrogen and oxygen atoms in total. The molecule has 0 radical (unpaired) electrons. The first-order valence-electron chi connectivity index (χ1n) is 6.41. The number of nitrogens with one attached hydrogen (secondary N) is 1. The lowest BCUT2D eigenvalue weighted by atomic mass is 9.80. The summed E-state index contributed by atoms with van der Waals surface area (Å²) in [5, 5.41) is 23.0. The highest BCUT2D eigenvalue weighted by Crippen LogP contribution is 2.30. The molecule has 2 rings (SSSR count). The molecule has 1 amide bonds. The van der Waals surface area contributed by atoms with Crippen molar-refractivity contribution in [2.75, 3.05) is 6.54 Å². The van der Waals surface area contributed by atoms with Crippen LogP contribution in [0, 0.1) is 10.1 Å². The molecule has 0 saturated heterocycles. The second kappa shape index (κ2) is 5.83. The summed E-state index contributed by atoms with van der Waals surface area (Å²) >= 11 is 0. The Hall–Kier alpha value is -2.21. The highest BCUT2D eigenvalue weighted by atomic mass is 16.6. The van der Waals surface area contributed by atoms with Gasteiger partial charge in [0.2, 0.25) is 5.91 Å². The van der Waals surface area contributed by atoms with Gasteiger partial charge in [-0.1, -0.05) is 0 Å². The van der Waals surface area contributed by atoms with Crippen LogP contribution in [0.4, 0.5) is 5.69 Å². The number of carbonyl (C=O) groups excluding carboxylic acids is 1. The van der Waals surface area contributed by atoms with Gasteiger partial charge in [0.25, 0.3) is 5.69 Å². The van der Waals surface area contributed by atoms with Gasteiger partial charge in [0.15, 0.2) is 0 Å². The predicted molar refractivity (Wildman–Crippen MR) is 73.9 cm³/mol. The van der Waals surface area contributed by atoms with Crippen LogP contribution >= 0.6 is 0 Å². The number of amides is 1. The molecule has 0 heterocycles. The van der Waals surface area contributed by atoms with Crippen LogP contribution in [-0.2, 0) is 4.79 Å². The Morgan fingerprint density at radius 3 is 2.55 bits per heavy atom. The van der Waals surface area contributed by atoms with Crippen LogP contribution in [-0.4, -0.2) is 28.1 Å². The van der Waals surface area contributed by atoms with E-state index in [-0.39, 0.29) is 18.1 Å². The molecule has 2 N–H and O–H groups in total. The molecule has 1 fully saturated rings. The zero-order chi connectivity index (χ0) is 14.6. The smallest absolute Gasteiger partial charge is 0.269 e. The fourth-order valence-corrected chi connectivity index (χ4v) is 1.95. The van der Waals surface area contributed by atoms with E-state index in [2.05, 4.69) is 5.32 Å². The molecular formula is C14H16N2O4. The Morgan fingerprint density at radius 2 is 2.05 bits per heavy atom. The molecule has 0 bridgehead atoms. The van der Waals surface area contributed by atoms with Gasteiger partial charge in [-0.05, 0) is 43.0 Å². The normalized spacial score (nSPS) is 16.6. The third-order valence-corrected chi connectivity index (χ3v) is 3.41. The molecule has 0 atom stereocenters. The van der Waals surface area contributed by atoms with Gasteiger partial charge in [0.1, 0.15) is 0 Å². The highest BCUT2D eigenvalue weighted by Gasteiger charge is 2.34. The minimum absolute atomic E-state index is 0.0128. The van der Waals surface area contributed by atoms with Crippen molar-refractivity contribution >= 4 is 17.7 Å². The molecule has 0 spiro atoms. The topological polar surface area (TPSA) is 92.5 Å². The van der Waals surface area contributed by atoms with Gasteiger partial charge in [-0.15, -0.1) is 0 Å². The Kier molecular flexibility index (Phi) is 4.14. The molecule has 1 aromatic rings. The summed E-state index contributed by atoms with van der Waals surface area (Å²) in [4.78, 5) is 21.6. The van der Waals surface area contributed by atoms with Crippen molar-refractivity contribution in [3.63, 3.8) is 0 Å². The lowest BCUT2D eigenvalue weighted by Crippen LogP contribution is -2.47. The number of nitro benzene ring substituents is 1. The van der Waals surface area contributed by atoms with Crippen LogP contribution in [0.3, 0.4) is 0 Å². The Bertz CT molecular complexity index is 533. The molecule has 1 aliphatic rings. The molecule has 0 unspecified atom stereocenters. The van der Waals surface area contributed by atoms with Crippen LogP contribution in [0.25, 0.3) is 6.08 Å². The van der Waals surface area contributed by atoms with E-state index < -0.39 is 10.5 Å². The van der Waals surface area contributed by atoms with E-state index in [1.54, 1.807) is 18.2 Å². The second-order valence-corrected chi connectivity index (χ2v) is 4.98. The van der Waals surface area contributed by atoms with E-state index in [1.807, 2.05) is 0 Å². The Morgan fingerprint density at radius 1 is 1.40 bits per heavy atom. The molecule has 6 heteroatoms. The van der Waals surface area contributed by atoms with Crippen molar-refractivity contribution in [2.24, 2.45) is 0 Å². The molecule has 0 aromatic heterocycles. The average molecular weight is 276 g/mol. The van der Waals surface area contributed by atoms with E-state index in [1.165, 1.54) is 18.2 Å². The maximum atomic E-state index is 11.6. The molecule has 0 aliphatic heterocycles. The molecule has 1 aromatic carbocycles. The second-order valence-electron chi connectivity index (χ2n) is 4.98. The van der Waals surface area contributed by atoms with Crippen LogP contribution in [0.5, 0.6) is 0 Å². The maximum Gasteiger partial charge on any atom is 0.269 e. The molecule has 1 aliphatic carbocycles. The minimum atomic E-state index is -0.739. The number of aliphatic hydroxyl groups is 1. The lowest BCUT2D eigenvalue weighted by molar-refractivity contribution is -0.384. The summed E-state index contributed by atoms with van der Waals surface area (Å²) in [5.41, 5.74) is -0.0245. The first-order valence-corrected chi connectivity index (χ1v) is 6.41. The standard InChI is InChI=1S/C14H16N2O4/c17-13(15-10-14(18)8-1-9-14)7-4-11-2-5-12(6-3-11)16(19)20/h2-7,18H,1,8-10H2,(H,15,17)/b7-4+. The Balaban J connectivity index is 1.85. The van der Waals surface area contributed by atoms with E-state index in [0.29, 0.717) is 5.56 Å². The van der Waals surface area contributed by atoms with Crippen LogP contribution < -0.4 is 5.32 Å². The fourth-order valence-electron chi connectivity index (χ4n) is 1.95. The summed E-state index contributed by atoms with van der Waals surface area (Å²) in [6, 6.07) is 5.91. The SMILES string of the molecule is O=C(/C=C/c1ccc([N+](=O)[O-])cc1)NCC1(O)CCC1. The van der Waals surface area contributed by atoms with Gasteiger partial charge in [-0.2, -0.15) is 0 Å². The highest BCUT2D eigenvalue weighted by molar-refractivity contribution is 5.91. The molecular weight excluding hydrogens is 260 g/mol.